The SMILES string of the molecule is CCCCCCCCCCCCCCCCCC(=O)OC(=O)c1ccc2cc3ccccc3cc2c1. The van der Waals surface area contributed by atoms with E-state index in [4.69, 9.17) is 4.74 Å². The van der Waals surface area contributed by atoms with Crippen molar-refractivity contribution >= 4 is 33.5 Å². The third-order valence-electron chi connectivity index (χ3n) is 7.13. The van der Waals surface area contributed by atoms with E-state index < -0.39 is 11.9 Å². The number of carbonyl (C=O) groups is 2. The Kier molecular flexibility index (Phi) is 12.5. The molecule has 0 aromatic heterocycles. The van der Waals surface area contributed by atoms with Crippen molar-refractivity contribution in [3.05, 3.63) is 60.2 Å². The number of fused-ring (bicyclic) bond motifs is 2. The van der Waals surface area contributed by atoms with Crippen LogP contribution >= 0.6 is 0 Å². The first-order chi connectivity index (χ1) is 17.7. The summed E-state index contributed by atoms with van der Waals surface area (Å²) in [5, 5.41) is 4.33. The number of esters is 2. The highest BCUT2D eigenvalue weighted by Gasteiger charge is 2.13. The monoisotopic (exact) mass is 488 g/mol. The smallest absolute Gasteiger partial charge is 0.345 e. The first kappa shape index (κ1) is 27.9. The molecule has 0 fully saturated rings. The second-order valence-electron chi connectivity index (χ2n) is 10.2. The van der Waals surface area contributed by atoms with Crippen LogP contribution in [0.3, 0.4) is 0 Å². The van der Waals surface area contributed by atoms with Gasteiger partial charge in [0, 0.05) is 6.42 Å². The van der Waals surface area contributed by atoms with Crippen LogP contribution in [0.15, 0.2) is 54.6 Å². The minimum Gasteiger partial charge on any atom is -0.389 e. The lowest BCUT2D eigenvalue weighted by Gasteiger charge is -2.06. The van der Waals surface area contributed by atoms with Crippen LogP contribution in [-0.4, -0.2) is 11.9 Å². The predicted molar refractivity (Wildman–Crippen MR) is 151 cm³/mol. The zero-order valence-corrected chi connectivity index (χ0v) is 22.2. The molecule has 36 heavy (non-hydrogen) atoms. The van der Waals surface area contributed by atoms with Crippen molar-refractivity contribution in [2.45, 2.75) is 110 Å². The van der Waals surface area contributed by atoms with E-state index in [1.165, 1.54) is 82.4 Å². The summed E-state index contributed by atoms with van der Waals surface area (Å²) in [5.41, 5.74) is 0.419. The lowest BCUT2D eigenvalue weighted by molar-refractivity contribution is -0.138. The van der Waals surface area contributed by atoms with Gasteiger partial charge in [-0.2, -0.15) is 0 Å². The van der Waals surface area contributed by atoms with Crippen LogP contribution in [0.4, 0.5) is 0 Å². The summed E-state index contributed by atoms with van der Waals surface area (Å²) < 4.78 is 5.11. The standard InChI is InChI=1S/C33H44O3/c1-2-3-4-5-6-7-8-9-10-11-12-13-14-15-16-21-32(34)36-33(35)30-23-22-29-24-27-19-17-18-20-28(27)25-31(29)26-30/h17-20,22-26H,2-16,21H2,1H3. The van der Waals surface area contributed by atoms with Crippen LogP contribution in [-0.2, 0) is 9.53 Å². The highest BCUT2D eigenvalue weighted by Crippen LogP contribution is 2.24. The summed E-state index contributed by atoms with van der Waals surface area (Å²) in [7, 11) is 0. The van der Waals surface area contributed by atoms with E-state index in [1.54, 1.807) is 6.07 Å². The molecule has 0 heterocycles. The number of hydrogen-bond acceptors (Lipinski definition) is 3. The summed E-state index contributed by atoms with van der Waals surface area (Å²) in [6, 6.07) is 17.8. The second kappa shape index (κ2) is 16.1. The van der Waals surface area contributed by atoms with Gasteiger partial charge < -0.3 is 4.74 Å². The Bertz CT molecular complexity index is 1080. The molecule has 0 aliphatic rings. The van der Waals surface area contributed by atoms with Gasteiger partial charge in [-0.1, -0.05) is 127 Å². The molecule has 194 valence electrons. The predicted octanol–water partition coefficient (Wildman–Crippen LogP) is 9.94. The molecule has 0 N–H and O–H groups in total. The lowest BCUT2D eigenvalue weighted by Crippen LogP contribution is -2.12. The Balaban J connectivity index is 1.23. The maximum atomic E-state index is 12.5. The van der Waals surface area contributed by atoms with Crippen LogP contribution in [0.2, 0.25) is 0 Å². The summed E-state index contributed by atoms with van der Waals surface area (Å²) in [4.78, 5) is 24.6. The van der Waals surface area contributed by atoms with Crippen molar-refractivity contribution < 1.29 is 14.3 Å². The number of unbranched alkanes of at least 4 members (excludes halogenated alkanes) is 14. The summed E-state index contributed by atoms with van der Waals surface area (Å²) >= 11 is 0. The maximum absolute atomic E-state index is 12.5. The largest absolute Gasteiger partial charge is 0.389 e. The van der Waals surface area contributed by atoms with Crippen molar-refractivity contribution in [1.82, 2.24) is 0 Å². The van der Waals surface area contributed by atoms with Gasteiger partial charge in [-0.15, -0.1) is 0 Å². The zero-order chi connectivity index (χ0) is 25.4. The lowest BCUT2D eigenvalue weighted by atomic mass is 10.0. The van der Waals surface area contributed by atoms with Crippen LogP contribution < -0.4 is 0 Å². The highest BCUT2D eigenvalue weighted by molar-refractivity contribution is 6.03. The number of ether oxygens (including phenoxy) is 1. The molecule has 0 saturated carbocycles. The molecule has 0 spiro atoms. The van der Waals surface area contributed by atoms with E-state index in [0.29, 0.717) is 12.0 Å². The average molecular weight is 489 g/mol. The molecule has 3 heteroatoms. The van der Waals surface area contributed by atoms with Gasteiger partial charge in [-0.25, -0.2) is 4.79 Å². The molecule has 3 aromatic rings. The van der Waals surface area contributed by atoms with E-state index in [1.807, 2.05) is 24.3 Å². The topological polar surface area (TPSA) is 43.4 Å². The fraction of sp³-hybridized carbons (Fsp3) is 0.515. The van der Waals surface area contributed by atoms with E-state index in [2.05, 4.69) is 31.2 Å². The van der Waals surface area contributed by atoms with Crippen LogP contribution in [0.5, 0.6) is 0 Å². The number of rotatable bonds is 17. The van der Waals surface area contributed by atoms with Crippen LogP contribution in [0.1, 0.15) is 120 Å². The Morgan fingerprint density at radius 3 is 1.58 bits per heavy atom. The van der Waals surface area contributed by atoms with Crippen molar-refractivity contribution in [3.63, 3.8) is 0 Å². The minimum atomic E-state index is -0.559. The molecule has 0 aliphatic heterocycles. The Hall–Kier alpha value is -2.68. The first-order valence-corrected chi connectivity index (χ1v) is 14.3. The Morgan fingerprint density at radius 2 is 1.03 bits per heavy atom. The van der Waals surface area contributed by atoms with Gasteiger partial charge in [0.2, 0.25) is 0 Å². The normalized spacial score (nSPS) is 11.2. The van der Waals surface area contributed by atoms with Crippen molar-refractivity contribution in [2.24, 2.45) is 0 Å². The summed E-state index contributed by atoms with van der Waals surface area (Å²) in [6.45, 7) is 2.27. The fourth-order valence-electron chi connectivity index (χ4n) is 4.92. The number of benzene rings is 3. The van der Waals surface area contributed by atoms with Crippen molar-refractivity contribution in [1.29, 1.82) is 0 Å². The molecule has 3 nitrogen and oxygen atoms in total. The summed E-state index contributed by atoms with van der Waals surface area (Å²) in [6.07, 6.45) is 19.6. The first-order valence-electron chi connectivity index (χ1n) is 14.3. The van der Waals surface area contributed by atoms with Crippen molar-refractivity contribution in [3.8, 4) is 0 Å². The molecule has 0 amide bonds. The van der Waals surface area contributed by atoms with Gasteiger partial charge >= 0.3 is 11.9 Å². The zero-order valence-electron chi connectivity index (χ0n) is 22.2. The van der Waals surface area contributed by atoms with Crippen LogP contribution in [0, 0.1) is 0 Å². The minimum absolute atomic E-state index is 0.308. The third-order valence-corrected chi connectivity index (χ3v) is 7.13. The third kappa shape index (κ3) is 9.76. The van der Waals surface area contributed by atoms with Gasteiger partial charge in [-0.05, 0) is 52.2 Å². The molecule has 0 aliphatic carbocycles. The molecular weight excluding hydrogens is 444 g/mol. The van der Waals surface area contributed by atoms with Gasteiger partial charge in [-0.3, -0.25) is 4.79 Å². The Morgan fingerprint density at radius 1 is 0.556 bits per heavy atom. The van der Waals surface area contributed by atoms with Gasteiger partial charge in [0.25, 0.3) is 0 Å². The Labute approximate surface area is 217 Å². The summed E-state index contributed by atoms with van der Waals surface area (Å²) in [5.74, 6) is -0.982. The highest BCUT2D eigenvalue weighted by atomic mass is 16.6. The number of carbonyl (C=O) groups excluding carboxylic acids is 2. The van der Waals surface area contributed by atoms with Gasteiger partial charge in [0.05, 0.1) is 5.56 Å². The number of hydrogen-bond donors (Lipinski definition) is 0. The van der Waals surface area contributed by atoms with E-state index in [0.717, 1.165) is 35.4 Å². The van der Waals surface area contributed by atoms with Gasteiger partial charge in [0.15, 0.2) is 0 Å². The average Bonchev–Trinajstić information content (AvgIpc) is 2.89. The second-order valence-corrected chi connectivity index (χ2v) is 10.2. The molecular formula is C33H44O3. The van der Waals surface area contributed by atoms with E-state index in [-0.39, 0.29) is 0 Å². The molecule has 0 unspecified atom stereocenters. The fourth-order valence-corrected chi connectivity index (χ4v) is 4.92. The molecule has 0 radical (unpaired) electrons. The quantitative estimate of drug-likeness (QED) is 0.0821. The molecule has 0 saturated heterocycles. The van der Waals surface area contributed by atoms with Crippen LogP contribution in [0.25, 0.3) is 21.5 Å². The van der Waals surface area contributed by atoms with E-state index >= 15 is 0 Å². The molecule has 0 atom stereocenters. The molecule has 3 aromatic carbocycles. The molecule has 0 bridgehead atoms. The van der Waals surface area contributed by atoms with E-state index in [9.17, 15) is 9.59 Å². The van der Waals surface area contributed by atoms with Crippen molar-refractivity contribution in [2.75, 3.05) is 0 Å². The maximum Gasteiger partial charge on any atom is 0.345 e. The molecule has 3 rings (SSSR count). The van der Waals surface area contributed by atoms with Gasteiger partial charge in [0.1, 0.15) is 0 Å².